The number of halogens is 1. The van der Waals surface area contributed by atoms with Crippen LogP contribution in [0.4, 0.5) is 0 Å². The standard InChI is InChI=1S/C20H20INO4/c1-5-26-20-16(21)9-13(10-19(20)25-4)8-15(12-22)14-6-7-17(23-2)18(11-14)24-3/h6-11H,5H2,1-4H3/b15-8+. The van der Waals surface area contributed by atoms with Gasteiger partial charge in [0.05, 0.1) is 43.1 Å². The Morgan fingerprint density at radius 1 is 1.04 bits per heavy atom. The van der Waals surface area contributed by atoms with E-state index in [1.54, 1.807) is 33.5 Å². The van der Waals surface area contributed by atoms with Crippen LogP contribution in [0.1, 0.15) is 18.1 Å². The van der Waals surface area contributed by atoms with Crippen LogP contribution < -0.4 is 18.9 Å². The summed E-state index contributed by atoms with van der Waals surface area (Å²) in [5.74, 6) is 2.53. The SMILES string of the molecule is CCOc1c(I)cc(/C=C(\C#N)c2ccc(OC)c(OC)c2)cc1OC. The lowest BCUT2D eigenvalue weighted by atomic mass is 10.0. The number of allylic oxidation sites excluding steroid dienone is 1. The van der Waals surface area contributed by atoms with Gasteiger partial charge in [-0.25, -0.2) is 0 Å². The second kappa shape index (κ2) is 9.34. The first kappa shape index (κ1) is 19.9. The zero-order valence-electron chi connectivity index (χ0n) is 15.1. The molecule has 0 aliphatic carbocycles. The molecule has 0 saturated heterocycles. The Labute approximate surface area is 167 Å². The van der Waals surface area contributed by atoms with E-state index in [1.165, 1.54) is 0 Å². The fourth-order valence-corrected chi connectivity index (χ4v) is 3.24. The number of nitrogens with zero attached hydrogens (tertiary/aromatic N) is 1. The summed E-state index contributed by atoms with van der Waals surface area (Å²) in [5.41, 5.74) is 2.10. The van der Waals surface area contributed by atoms with Gasteiger partial charge in [-0.05, 0) is 77.0 Å². The molecule has 2 rings (SSSR count). The van der Waals surface area contributed by atoms with Gasteiger partial charge in [0, 0.05) is 0 Å². The van der Waals surface area contributed by atoms with Crippen LogP contribution >= 0.6 is 22.6 Å². The van der Waals surface area contributed by atoms with E-state index in [0.717, 1.165) is 14.7 Å². The summed E-state index contributed by atoms with van der Waals surface area (Å²) in [6, 6.07) is 11.4. The molecule has 2 aromatic rings. The van der Waals surface area contributed by atoms with E-state index >= 15 is 0 Å². The summed E-state index contributed by atoms with van der Waals surface area (Å²) in [4.78, 5) is 0. The number of methoxy groups -OCH3 is 3. The minimum Gasteiger partial charge on any atom is -0.493 e. The predicted molar refractivity (Wildman–Crippen MR) is 110 cm³/mol. The molecule has 0 bridgehead atoms. The van der Waals surface area contributed by atoms with Crippen molar-refractivity contribution in [2.24, 2.45) is 0 Å². The van der Waals surface area contributed by atoms with Crippen LogP contribution in [0, 0.1) is 14.9 Å². The smallest absolute Gasteiger partial charge is 0.174 e. The van der Waals surface area contributed by atoms with Gasteiger partial charge in [-0.2, -0.15) is 5.26 Å². The summed E-state index contributed by atoms with van der Waals surface area (Å²) in [6.45, 7) is 2.48. The summed E-state index contributed by atoms with van der Waals surface area (Å²) < 4.78 is 22.5. The molecule has 2 aromatic carbocycles. The van der Waals surface area contributed by atoms with Gasteiger partial charge in [-0.1, -0.05) is 0 Å². The number of ether oxygens (including phenoxy) is 4. The Kier molecular flexibility index (Phi) is 7.16. The van der Waals surface area contributed by atoms with Crippen molar-refractivity contribution >= 4 is 34.2 Å². The molecular weight excluding hydrogens is 445 g/mol. The van der Waals surface area contributed by atoms with E-state index in [-0.39, 0.29) is 0 Å². The van der Waals surface area contributed by atoms with Gasteiger partial charge in [-0.3, -0.25) is 0 Å². The van der Waals surface area contributed by atoms with E-state index in [0.29, 0.717) is 35.2 Å². The van der Waals surface area contributed by atoms with Gasteiger partial charge in [0.25, 0.3) is 0 Å². The Bertz CT molecular complexity index is 856. The fourth-order valence-electron chi connectivity index (χ4n) is 2.46. The topological polar surface area (TPSA) is 60.7 Å². The molecule has 136 valence electrons. The summed E-state index contributed by atoms with van der Waals surface area (Å²) in [7, 11) is 4.74. The minimum absolute atomic E-state index is 0.507. The second-order valence-corrected chi connectivity index (χ2v) is 6.37. The van der Waals surface area contributed by atoms with Crippen LogP contribution in [0.5, 0.6) is 23.0 Å². The molecule has 0 unspecified atom stereocenters. The van der Waals surface area contributed by atoms with Crippen molar-refractivity contribution in [1.29, 1.82) is 5.26 Å². The molecule has 6 heteroatoms. The van der Waals surface area contributed by atoms with Gasteiger partial charge >= 0.3 is 0 Å². The molecule has 0 aliphatic heterocycles. The number of benzene rings is 2. The van der Waals surface area contributed by atoms with Gasteiger partial charge in [0.1, 0.15) is 0 Å². The monoisotopic (exact) mass is 465 g/mol. The van der Waals surface area contributed by atoms with E-state index in [4.69, 9.17) is 18.9 Å². The fraction of sp³-hybridized carbons (Fsp3) is 0.250. The Morgan fingerprint density at radius 3 is 2.31 bits per heavy atom. The van der Waals surface area contributed by atoms with Crippen molar-refractivity contribution in [3.05, 3.63) is 45.0 Å². The first-order chi connectivity index (χ1) is 12.6. The molecule has 0 radical (unpaired) electrons. The van der Waals surface area contributed by atoms with Crippen LogP contribution in [0.3, 0.4) is 0 Å². The highest BCUT2D eigenvalue weighted by molar-refractivity contribution is 14.1. The van der Waals surface area contributed by atoms with Crippen LogP contribution in [-0.2, 0) is 0 Å². The molecule has 0 fully saturated rings. The Morgan fingerprint density at radius 2 is 1.73 bits per heavy atom. The first-order valence-electron chi connectivity index (χ1n) is 7.92. The lowest BCUT2D eigenvalue weighted by molar-refractivity contribution is 0.308. The first-order valence-corrected chi connectivity index (χ1v) is 9.00. The van der Waals surface area contributed by atoms with Crippen molar-refractivity contribution in [2.45, 2.75) is 6.92 Å². The number of hydrogen-bond donors (Lipinski definition) is 0. The Hall–Kier alpha value is -2.40. The third-order valence-corrected chi connectivity index (χ3v) is 4.47. The second-order valence-electron chi connectivity index (χ2n) is 5.21. The normalized spacial score (nSPS) is 10.8. The van der Waals surface area contributed by atoms with Gasteiger partial charge in [0.15, 0.2) is 23.0 Å². The summed E-state index contributed by atoms with van der Waals surface area (Å²) in [6.07, 6.45) is 1.81. The van der Waals surface area contributed by atoms with Crippen LogP contribution in [-0.4, -0.2) is 27.9 Å². The number of rotatable bonds is 7. The lowest BCUT2D eigenvalue weighted by Gasteiger charge is -2.13. The summed E-state index contributed by atoms with van der Waals surface area (Å²) in [5, 5.41) is 9.62. The lowest BCUT2D eigenvalue weighted by Crippen LogP contribution is -1.98. The average molecular weight is 465 g/mol. The molecule has 0 saturated carbocycles. The van der Waals surface area contributed by atoms with Crippen molar-refractivity contribution in [2.75, 3.05) is 27.9 Å². The van der Waals surface area contributed by atoms with Crippen molar-refractivity contribution in [3.63, 3.8) is 0 Å². The molecule has 0 heterocycles. The molecule has 0 aromatic heterocycles. The van der Waals surface area contributed by atoms with Crippen molar-refractivity contribution < 1.29 is 18.9 Å². The third kappa shape index (κ3) is 4.41. The van der Waals surface area contributed by atoms with E-state index in [2.05, 4.69) is 28.7 Å². The zero-order valence-corrected chi connectivity index (χ0v) is 17.3. The zero-order chi connectivity index (χ0) is 19.1. The largest absolute Gasteiger partial charge is 0.493 e. The predicted octanol–water partition coefficient (Wildman–Crippen LogP) is 4.78. The maximum absolute atomic E-state index is 9.62. The maximum Gasteiger partial charge on any atom is 0.174 e. The molecule has 5 nitrogen and oxygen atoms in total. The number of nitriles is 1. The summed E-state index contributed by atoms with van der Waals surface area (Å²) >= 11 is 2.20. The van der Waals surface area contributed by atoms with E-state index < -0.39 is 0 Å². The molecule has 0 N–H and O–H groups in total. The van der Waals surface area contributed by atoms with E-state index in [1.807, 2.05) is 31.2 Å². The van der Waals surface area contributed by atoms with Crippen LogP contribution in [0.25, 0.3) is 11.6 Å². The highest BCUT2D eigenvalue weighted by Crippen LogP contribution is 2.36. The quantitative estimate of drug-likeness (QED) is 0.335. The molecular formula is C20H20INO4. The van der Waals surface area contributed by atoms with Crippen molar-refractivity contribution in [3.8, 4) is 29.1 Å². The highest BCUT2D eigenvalue weighted by atomic mass is 127. The van der Waals surface area contributed by atoms with E-state index in [9.17, 15) is 5.26 Å². The van der Waals surface area contributed by atoms with Crippen LogP contribution in [0.15, 0.2) is 30.3 Å². The molecule has 0 aliphatic rings. The molecule has 0 atom stereocenters. The highest BCUT2D eigenvalue weighted by Gasteiger charge is 2.12. The average Bonchev–Trinajstić information content (AvgIpc) is 2.67. The molecule has 0 amide bonds. The van der Waals surface area contributed by atoms with Gasteiger partial charge in [-0.15, -0.1) is 0 Å². The van der Waals surface area contributed by atoms with Crippen molar-refractivity contribution in [1.82, 2.24) is 0 Å². The van der Waals surface area contributed by atoms with Crippen LogP contribution in [0.2, 0.25) is 0 Å². The Balaban J connectivity index is 2.50. The van der Waals surface area contributed by atoms with Gasteiger partial charge in [0.2, 0.25) is 0 Å². The van der Waals surface area contributed by atoms with Gasteiger partial charge < -0.3 is 18.9 Å². The molecule has 26 heavy (non-hydrogen) atoms. The minimum atomic E-state index is 0.507. The maximum atomic E-state index is 9.62. The third-order valence-electron chi connectivity index (χ3n) is 3.67. The molecule has 0 spiro atoms. The number of hydrogen-bond acceptors (Lipinski definition) is 5.